The van der Waals surface area contributed by atoms with E-state index in [-0.39, 0.29) is 17.6 Å². The number of rotatable bonds is 9. The number of thiophene rings is 1. The molecule has 1 fully saturated rings. The van der Waals surface area contributed by atoms with Gasteiger partial charge in [0.25, 0.3) is 5.69 Å². The highest BCUT2D eigenvalue weighted by Crippen LogP contribution is 2.27. The molecule has 2 heterocycles. The minimum absolute atomic E-state index is 0.00374. The van der Waals surface area contributed by atoms with Crippen LogP contribution in [0.4, 0.5) is 5.69 Å². The number of hydrogen-bond acceptors (Lipinski definition) is 7. The van der Waals surface area contributed by atoms with Gasteiger partial charge >= 0.3 is 0 Å². The fraction of sp³-hybridized carbons (Fsp3) is 0.409. The average molecular weight is 441 g/mol. The van der Waals surface area contributed by atoms with Gasteiger partial charge in [0.2, 0.25) is 17.7 Å². The highest BCUT2D eigenvalue weighted by Gasteiger charge is 2.28. The summed E-state index contributed by atoms with van der Waals surface area (Å²) in [6.45, 7) is 0.294. The highest BCUT2D eigenvalue weighted by atomic mass is 32.1. The Bertz CT molecular complexity index is 1010. The maximum absolute atomic E-state index is 13.0. The van der Waals surface area contributed by atoms with Gasteiger partial charge in [-0.25, -0.2) is 0 Å². The SMILES string of the molecule is O=C(CCCc1cccs1)N(Cc1nnc(-c2ccc([N+](=O)[O-])cc2)o1)C1CCCC1. The lowest BCUT2D eigenvalue weighted by molar-refractivity contribution is -0.384. The molecule has 0 bridgehead atoms. The van der Waals surface area contributed by atoms with Crippen LogP contribution >= 0.6 is 11.3 Å². The van der Waals surface area contributed by atoms with Crippen LogP contribution in [-0.4, -0.2) is 32.0 Å². The number of amides is 1. The summed E-state index contributed by atoms with van der Waals surface area (Å²) in [5, 5.41) is 21.1. The lowest BCUT2D eigenvalue weighted by Crippen LogP contribution is -2.38. The molecule has 162 valence electrons. The zero-order chi connectivity index (χ0) is 21.6. The summed E-state index contributed by atoms with van der Waals surface area (Å²) in [5.74, 6) is 0.798. The van der Waals surface area contributed by atoms with Crippen molar-refractivity contribution in [3.8, 4) is 11.5 Å². The van der Waals surface area contributed by atoms with Gasteiger partial charge in [0.15, 0.2) is 0 Å². The van der Waals surface area contributed by atoms with Crippen molar-refractivity contribution in [2.75, 3.05) is 0 Å². The first-order valence-electron chi connectivity index (χ1n) is 10.5. The van der Waals surface area contributed by atoms with Gasteiger partial charge in [-0.2, -0.15) is 0 Å². The van der Waals surface area contributed by atoms with Crippen molar-refractivity contribution in [3.63, 3.8) is 0 Å². The summed E-state index contributed by atoms with van der Waals surface area (Å²) in [7, 11) is 0. The Balaban J connectivity index is 1.42. The molecule has 0 aliphatic heterocycles. The number of aromatic nitrogens is 2. The molecule has 1 aromatic carbocycles. The van der Waals surface area contributed by atoms with E-state index in [1.165, 1.54) is 17.0 Å². The molecule has 8 nitrogen and oxygen atoms in total. The molecule has 0 radical (unpaired) electrons. The molecule has 0 N–H and O–H groups in total. The van der Waals surface area contributed by atoms with E-state index >= 15 is 0 Å². The number of carbonyl (C=O) groups excluding carboxylic acids is 1. The average Bonchev–Trinajstić information content (AvgIpc) is 3.55. The summed E-state index contributed by atoms with van der Waals surface area (Å²) < 4.78 is 5.79. The van der Waals surface area contributed by atoms with E-state index in [2.05, 4.69) is 21.6 Å². The van der Waals surface area contributed by atoms with Crippen molar-refractivity contribution < 1.29 is 14.1 Å². The summed E-state index contributed by atoms with van der Waals surface area (Å²) in [4.78, 5) is 26.6. The zero-order valence-corrected chi connectivity index (χ0v) is 17.9. The third-order valence-electron chi connectivity index (χ3n) is 5.58. The van der Waals surface area contributed by atoms with E-state index in [1.54, 1.807) is 23.5 Å². The summed E-state index contributed by atoms with van der Waals surface area (Å²) in [5.41, 5.74) is 0.614. The van der Waals surface area contributed by atoms with E-state index in [9.17, 15) is 14.9 Å². The number of nitrogens with zero attached hydrogens (tertiary/aromatic N) is 4. The molecule has 3 aromatic rings. The fourth-order valence-electron chi connectivity index (χ4n) is 3.95. The number of nitro benzene ring substituents is 1. The number of hydrogen-bond donors (Lipinski definition) is 0. The molecule has 0 spiro atoms. The second-order valence-corrected chi connectivity index (χ2v) is 8.73. The molecule has 4 rings (SSSR count). The Morgan fingerprint density at radius 1 is 1.19 bits per heavy atom. The van der Waals surface area contributed by atoms with Crippen molar-refractivity contribution in [2.24, 2.45) is 0 Å². The molecule has 31 heavy (non-hydrogen) atoms. The van der Waals surface area contributed by atoms with Crippen LogP contribution < -0.4 is 0 Å². The molecule has 0 atom stereocenters. The van der Waals surface area contributed by atoms with Crippen LogP contribution in [0.1, 0.15) is 49.3 Å². The number of non-ortho nitro benzene ring substituents is 1. The van der Waals surface area contributed by atoms with Gasteiger partial charge in [-0.15, -0.1) is 21.5 Å². The van der Waals surface area contributed by atoms with Gasteiger partial charge in [-0.05, 0) is 49.3 Å². The smallest absolute Gasteiger partial charge is 0.269 e. The predicted octanol–water partition coefficient (Wildman–Crippen LogP) is 5.00. The molecule has 0 saturated heterocycles. The van der Waals surface area contributed by atoms with Crippen molar-refractivity contribution >= 4 is 22.9 Å². The maximum Gasteiger partial charge on any atom is 0.269 e. The van der Waals surface area contributed by atoms with Crippen molar-refractivity contribution in [1.29, 1.82) is 0 Å². The van der Waals surface area contributed by atoms with Crippen LogP contribution in [0.2, 0.25) is 0 Å². The van der Waals surface area contributed by atoms with E-state index in [0.29, 0.717) is 30.3 Å². The van der Waals surface area contributed by atoms with E-state index in [4.69, 9.17) is 4.42 Å². The lowest BCUT2D eigenvalue weighted by atomic mass is 10.1. The van der Waals surface area contributed by atoms with E-state index < -0.39 is 4.92 Å². The standard InChI is InChI=1S/C22H24N4O4S/c27-21(9-3-7-19-8-4-14-31-19)25(17-5-1-2-6-17)15-20-23-24-22(30-20)16-10-12-18(13-11-16)26(28)29/h4,8,10-14,17H,1-3,5-7,9,15H2. The maximum atomic E-state index is 13.0. The van der Waals surface area contributed by atoms with Gasteiger partial charge in [0.1, 0.15) is 0 Å². The molecule has 1 aliphatic carbocycles. The summed E-state index contributed by atoms with van der Waals surface area (Å²) in [6, 6.07) is 10.3. The first-order valence-corrected chi connectivity index (χ1v) is 11.4. The molecule has 1 aliphatic rings. The van der Waals surface area contributed by atoms with Gasteiger partial charge in [0, 0.05) is 35.0 Å². The van der Waals surface area contributed by atoms with Gasteiger partial charge < -0.3 is 9.32 Å². The molecular weight excluding hydrogens is 416 g/mol. The van der Waals surface area contributed by atoms with Crippen LogP contribution in [0.25, 0.3) is 11.5 Å². The molecule has 2 aromatic heterocycles. The van der Waals surface area contributed by atoms with Crippen LogP contribution in [-0.2, 0) is 17.8 Å². The van der Waals surface area contributed by atoms with Crippen LogP contribution in [0.15, 0.2) is 46.2 Å². The second kappa shape index (κ2) is 9.82. The normalized spacial score (nSPS) is 14.1. The Kier molecular flexibility index (Phi) is 6.71. The van der Waals surface area contributed by atoms with Crippen molar-refractivity contribution in [2.45, 2.75) is 57.5 Å². The lowest BCUT2D eigenvalue weighted by Gasteiger charge is -2.27. The Morgan fingerprint density at radius 3 is 2.65 bits per heavy atom. The van der Waals surface area contributed by atoms with Crippen LogP contribution in [0.5, 0.6) is 0 Å². The monoisotopic (exact) mass is 440 g/mol. The number of benzene rings is 1. The highest BCUT2D eigenvalue weighted by molar-refractivity contribution is 7.09. The van der Waals surface area contributed by atoms with Gasteiger partial charge in [0.05, 0.1) is 11.5 Å². The predicted molar refractivity (Wildman–Crippen MR) is 116 cm³/mol. The summed E-state index contributed by atoms with van der Waals surface area (Å²) >= 11 is 1.72. The molecule has 0 unspecified atom stereocenters. The Morgan fingerprint density at radius 2 is 1.97 bits per heavy atom. The third-order valence-corrected chi connectivity index (χ3v) is 6.51. The van der Waals surface area contributed by atoms with E-state index in [1.807, 2.05) is 11.0 Å². The summed E-state index contributed by atoms with van der Waals surface area (Å²) in [6.07, 6.45) is 6.48. The minimum Gasteiger partial charge on any atom is -0.419 e. The topological polar surface area (TPSA) is 102 Å². The quantitative estimate of drug-likeness (QED) is 0.343. The van der Waals surface area contributed by atoms with Crippen LogP contribution in [0.3, 0.4) is 0 Å². The zero-order valence-electron chi connectivity index (χ0n) is 17.1. The fourth-order valence-corrected chi connectivity index (χ4v) is 4.71. The van der Waals surface area contributed by atoms with Crippen LogP contribution in [0, 0.1) is 10.1 Å². The van der Waals surface area contributed by atoms with Crippen molar-refractivity contribution in [1.82, 2.24) is 15.1 Å². The molecular formula is C22H24N4O4S. The first kappa shape index (κ1) is 21.2. The van der Waals surface area contributed by atoms with Crippen molar-refractivity contribution in [3.05, 3.63) is 62.7 Å². The molecule has 1 saturated carbocycles. The minimum atomic E-state index is -0.452. The Labute approximate surface area is 184 Å². The molecule has 9 heteroatoms. The van der Waals surface area contributed by atoms with Gasteiger partial charge in [-0.3, -0.25) is 14.9 Å². The largest absolute Gasteiger partial charge is 0.419 e. The first-order chi connectivity index (χ1) is 15.1. The second-order valence-electron chi connectivity index (χ2n) is 7.70. The van der Waals surface area contributed by atoms with E-state index in [0.717, 1.165) is 38.5 Å². The number of aryl methyl sites for hydroxylation is 1. The number of carbonyl (C=O) groups is 1. The number of nitro groups is 1. The molecule has 1 amide bonds. The third kappa shape index (κ3) is 5.35. The Hall–Kier alpha value is -3.07. The van der Waals surface area contributed by atoms with Gasteiger partial charge in [-0.1, -0.05) is 18.9 Å².